The van der Waals surface area contributed by atoms with Gasteiger partial charge in [0.15, 0.2) is 6.61 Å². The van der Waals surface area contributed by atoms with E-state index in [0.29, 0.717) is 23.7 Å². The Kier molecular flexibility index (Phi) is 6.54. The van der Waals surface area contributed by atoms with E-state index in [4.69, 9.17) is 27.9 Å². The van der Waals surface area contributed by atoms with Crippen LogP contribution in [-0.2, 0) is 9.59 Å². The van der Waals surface area contributed by atoms with Crippen molar-refractivity contribution in [3.8, 4) is 5.75 Å². The van der Waals surface area contributed by atoms with Gasteiger partial charge >= 0.3 is 0 Å². The molecule has 0 saturated carbocycles. The van der Waals surface area contributed by atoms with Gasteiger partial charge in [-0.2, -0.15) is 0 Å². The molecule has 0 atom stereocenters. The summed E-state index contributed by atoms with van der Waals surface area (Å²) in [5, 5.41) is 2.83. The molecule has 0 heterocycles. The van der Waals surface area contributed by atoms with Gasteiger partial charge in [-0.15, -0.1) is 0 Å². The molecule has 1 aromatic carbocycles. The highest BCUT2D eigenvalue weighted by molar-refractivity contribution is 6.63. The van der Waals surface area contributed by atoms with Crippen molar-refractivity contribution in [1.82, 2.24) is 5.32 Å². The Hall–Kier alpha value is -1.26. The van der Waals surface area contributed by atoms with Crippen molar-refractivity contribution in [3.63, 3.8) is 0 Å². The van der Waals surface area contributed by atoms with Crippen molar-refractivity contribution < 1.29 is 14.3 Å². The second-order valence-corrected chi connectivity index (χ2v) is 4.41. The van der Waals surface area contributed by atoms with Crippen LogP contribution in [0.3, 0.4) is 0 Å². The van der Waals surface area contributed by atoms with Crippen molar-refractivity contribution in [2.24, 2.45) is 0 Å². The molecular weight excluding hydrogens is 277 g/mol. The molecule has 0 saturated heterocycles. The molecule has 6 heteroatoms. The first-order valence-corrected chi connectivity index (χ1v) is 6.17. The topological polar surface area (TPSA) is 55.4 Å². The number of nitrogens with one attached hydrogen (secondary N) is 1. The normalized spacial score (nSPS) is 9.89. The van der Waals surface area contributed by atoms with E-state index in [9.17, 15) is 9.59 Å². The van der Waals surface area contributed by atoms with Gasteiger partial charge < -0.3 is 10.1 Å². The zero-order valence-corrected chi connectivity index (χ0v) is 11.1. The van der Waals surface area contributed by atoms with Crippen LogP contribution in [0.1, 0.15) is 12.8 Å². The second kappa shape index (κ2) is 7.95. The predicted octanol–water partition coefficient (Wildman–Crippen LogP) is 2.38. The van der Waals surface area contributed by atoms with Gasteiger partial charge in [0.25, 0.3) is 5.91 Å². The van der Waals surface area contributed by atoms with Crippen LogP contribution in [0.2, 0.25) is 5.02 Å². The van der Waals surface area contributed by atoms with Gasteiger partial charge in [0.1, 0.15) is 5.75 Å². The molecule has 0 aliphatic heterocycles. The Morgan fingerprint density at radius 1 is 1.22 bits per heavy atom. The van der Waals surface area contributed by atoms with Crippen LogP contribution < -0.4 is 10.1 Å². The summed E-state index contributed by atoms with van der Waals surface area (Å²) in [4.78, 5) is 21.8. The number of carbonyl (C=O) groups is 2. The summed E-state index contributed by atoms with van der Waals surface area (Å²) in [5.74, 6) is 0.331. The molecule has 1 N–H and O–H groups in total. The maximum absolute atomic E-state index is 11.3. The lowest BCUT2D eigenvalue weighted by atomic mass is 10.3. The van der Waals surface area contributed by atoms with E-state index in [2.05, 4.69) is 5.32 Å². The van der Waals surface area contributed by atoms with Crippen molar-refractivity contribution in [2.45, 2.75) is 12.8 Å². The third kappa shape index (κ3) is 6.47. The molecule has 98 valence electrons. The highest BCUT2D eigenvalue weighted by Gasteiger charge is 2.03. The van der Waals surface area contributed by atoms with E-state index in [1.807, 2.05) is 0 Å². The molecule has 0 aliphatic rings. The highest BCUT2D eigenvalue weighted by atomic mass is 35.5. The summed E-state index contributed by atoms with van der Waals surface area (Å²) in [6, 6.07) is 6.73. The molecule has 0 spiro atoms. The van der Waals surface area contributed by atoms with Gasteiger partial charge in [-0.25, -0.2) is 0 Å². The summed E-state index contributed by atoms with van der Waals surface area (Å²) >= 11 is 10.9. The lowest BCUT2D eigenvalue weighted by molar-refractivity contribution is -0.123. The molecule has 1 amide bonds. The predicted molar refractivity (Wildman–Crippen MR) is 70.1 cm³/mol. The summed E-state index contributed by atoms with van der Waals surface area (Å²) < 4.78 is 5.24. The van der Waals surface area contributed by atoms with E-state index in [0.717, 1.165) is 0 Å². The number of ether oxygens (including phenoxy) is 1. The average molecular weight is 290 g/mol. The standard InChI is InChI=1S/C12H13Cl2NO3/c13-9-3-5-10(6-4-9)18-8-12(17)15-7-1-2-11(14)16/h3-6H,1-2,7-8H2,(H,15,17). The quantitative estimate of drug-likeness (QED) is 0.619. The molecule has 4 nitrogen and oxygen atoms in total. The van der Waals surface area contributed by atoms with Crippen molar-refractivity contribution >= 4 is 34.4 Å². The maximum atomic E-state index is 11.3. The van der Waals surface area contributed by atoms with Crippen LogP contribution in [0, 0.1) is 0 Å². The largest absolute Gasteiger partial charge is 0.484 e. The van der Waals surface area contributed by atoms with E-state index in [-0.39, 0.29) is 18.9 Å². The third-order valence-corrected chi connectivity index (χ3v) is 2.50. The van der Waals surface area contributed by atoms with E-state index in [1.54, 1.807) is 24.3 Å². The molecule has 0 bridgehead atoms. The van der Waals surface area contributed by atoms with Crippen molar-refractivity contribution in [3.05, 3.63) is 29.3 Å². The van der Waals surface area contributed by atoms with E-state index >= 15 is 0 Å². The number of carbonyl (C=O) groups excluding carboxylic acids is 2. The Morgan fingerprint density at radius 2 is 1.89 bits per heavy atom. The number of halogens is 2. The average Bonchev–Trinajstić information content (AvgIpc) is 2.34. The van der Waals surface area contributed by atoms with Crippen molar-refractivity contribution in [1.29, 1.82) is 0 Å². The summed E-state index contributed by atoms with van der Waals surface area (Å²) in [6.07, 6.45) is 0.773. The number of hydrogen-bond acceptors (Lipinski definition) is 3. The van der Waals surface area contributed by atoms with Gasteiger partial charge in [-0.3, -0.25) is 9.59 Å². The molecule has 0 aromatic heterocycles. The number of hydrogen-bond donors (Lipinski definition) is 1. The van der Waals surface area contributed by atoms with E-state index < -0.39 is 5.24 Å². The fourth-order valence-electron chi connectivity index (χ4n) is 1.19. The molecule has 0 fully saturated rings. The van der Waals surface area contributed by atoms with Crippen LogP contribution in [0.15, 0.2) is 24.3 Å². The van der Waals surface area contributed by atoms with Gasteiger partial charge in [-0.1, -0.05) is 11.6 Å². The van der Waals surface area contributed by atoms with Crippen LogP contribution in [-0.4, -0.2) is 24.3 Å². The van der Waals surface area contributed by atoms with Gasteiger partial charge in [-0.05, 0) is 42.3 Å². The zero-order chi connectivity index (χ0) is 13.4. The minimum atomic E-state index is -0.401. The number of rotatable bonds is 7. The smallest absolute Gasteiger partial charge is 0.257 e. The summed E-state index contributed by atoms with van der Waals surface area (Å²) in [6.45, 7) is 0.331. The Morgan fingerprint density at radius 3 is 2.50 bits per heavy atom. The maximum Gasteiger partial charge on any atom is 0.257 e. The van der Waals surface area contributed by atoms with Crippen LogP contribution in [0.4, 0.5) is 0 Å². The summed E-state index contributed by atoms with van der Waals surface area (Å²) in [7, 11) is 0. The molecular formula is C12H13Cl2NO3. The van der Waals surface area contributed by atoms with E-state index in [1.165, 1.54) is 0 Å². The number of amides is 1. The fraction of sp³-hybridized carbons (Fsp3) is 0.333. The van der Waals surface area contributed by atoms with Crippen LogP contribution >= 0.6 is 23.2 Å². The Bertz CT molecular complexity index is 406. The zero-order valence-electron chi connectivity index (χ0n) is 9.62. The van der Waals surface area contributed by atoms with Gasteiger partial charge in [0.05, 0.1) is 0 Å². The van der Waals surface area contributed by atoms with Gasteiger partial charge in [0.2, 0.25) is 5.24 Å². The van der Waals surface area contributed by atoms with Gasteiger partial charge in [0, 0.05) is 18.0 Å². The first-order valence-electron chi connectivity index (χ1n) is 5.41. The molecule has 0 unspecified atom stereocenters. The van der Waals surface area contributed by atoms with Crippen LogP contribution in [0.5, 0.6) is 5.75 Å². The minimum Gasteiger partial charge on any atom is -0.484 e. The second-order valence-electron chi connectivity index (χ2n) is 3.55. The molecule has 1 rings (SSSR count). The van der Waals surface area contributed by atoms with Crippen LogP contribution in [0.25, 0.3) is 0 Å². The van der Waals surface area contributed by atoms with Crippen molar-refractivity contribution in [2.75, 3.05) is 13.2 Å². The monoisotopic (exact) mass is 289 g/mol. The molecule has 0 aliphatic carbocycles. The molecule has 18 heavy (non-hydrogen) atoms. The lowest BCUT2D eigenvalue weighted by Gasteiger charge is -2.06. The highest BCUT2D eigenvalue weighted by Crippen LogP contribution is 2.15. The minimum absolute atomic E-state index is 0.0730. The first-order chi connectivity index (χ1) is 8.58. The Labute approximate surface area is 115 Å². The summed E-state index contributed by atoms with van der Waals surface area (Å²) in [5.41, 5.74) is 0. The lowest BCUT2D eigenvalue weighted by Crippen LogP contribution is -2.29. The SMILES string of the molecule is O=C(Cl)CCCNC(=O)COc1ccc(Cl)cc1. The Balaban J connectivity index is 2.17. The third-order valence-electron chi connectivity index (χ3n) is 2.06. The fourth-order valence-corrected chi connectivity index (χ4v) is 1.45. The molecule has 0 radical (unpaired) electrons. The molecule has 1 aromatic rings. The number of benzene rings is 1. The first kappa shape index (κ1) is 14.8.